The Kier molecular flexibility index (Phi) is 4.11. The standard InChI is InChI=1S/C16H28N2O/c1-12-5-2-7-14(12)16(19)18-10-4-6-13(11-18)15-8-3-9-17-15/h12-15,17H,2-11H2,1H3. The minimum Gasteiger partial charge on any atom is -0.342 e. The Labute approximate surface area is 117 Å². The normalized spacial score (nSPS) is 39.7. The van der Waals surface area contributed by atoms with Gasteiger partial charge in [-0.05, 0) is 56.9 Å². The second kappa shape index (κ2) is 5.82. The van der Waals surface area contributed by atoms with Crippen LogP contribution in [-0.4, -0.2) is 36.5 Å². The van der Waals surface area contributed by atoms with Gasteiger partial charge in [-0.2, -0.15) is 0 Å². The Bertz CT molecular complexity index is 325. The molecule has 0 aromatic heterocycles. The first-order valence-corrected chi connectivity index (χ1v) is 8.28. The maximum atomic E-state index is 12.7. The highest BCUT2D eigenvalue weighted by atomic mass is 16.2. The molecule has 0 radical (unpaired) electrons. The zero-order chi connectivity index (χ0) is 13.2. The van der Waals surface area contributed by atoms with Crippen LogP contribution in [0.25, 0.3) is 0 Å². The van der Waals surface area contributed by atoms with E-state index in [0.717, 1.165) is 19.5 Å². The second-order valence-electron chi connectivity index (χ2n) is 6.90. The Morgan fingerprint density at radius 2 is 2.00 bits per heavy atom. The fraction of sp³-hybridized carbons (Fsp3) is 0.938. The van der Waals surface area contributed by atoms with E-state index in [9.17, 15) is 4.79 Å². The van der Waals surface area contributed by atoms with Crippen LogP contribution in [0.1, 0.15) is 51.9 Å². The third kappa shape index (κ3) is 2.81. The van der Waals surface area contributed by atoms with E-state index in [2.05, 4.69) is 17.1 Å². The van der Waals surface area contributed by atoms with Crippen LogP contribution in [0.2, 0.25) is 0 Å². The fourth-order valence-electron chi connectivity index (χ4n) is 4.40. The molecule has 108 valence electrons. The number of nitrogens with one attached hydrogen (secondary N) is 1. The molecule has 3 nitrogen and oxygen atoms in total. The van der Waals surface area contributed by atoms with E-state index in [1.807, 2.05) is 0 Å². The van der Waals surface area contributed by atoms with Crippen LogP contribution < -0.4 is 5.32 Å². The molecule has 3 rings (SSSR count). The number of hydrogen-bond donors (Lipinski definition) is 1. The Morgan fingerprint density at radius 3 is 2.68 bits per heavy atom. The molecule has 0 bridgehead atoms. The minimum atomic E-state index is 0.329. The van der Waals surface area contributed by atoms with E-state index in [4.69, 9.17) is 0 Å². The van der Waals surface area contributed by atoms with Crippen molar-refractivity contribution in [2.75, 3.05) is 19.6 Å². The summed E-state index contributed by atoms with van der Waals surface area (Å²) in [5.41, 5.74) is 0. The molecule has 3 heteroatoms. The van der Waals surface area contributed by atoms with Crippen LogP contribution in [0.4, 0.5) is 0 Å². The van der Waals surface area contributed by atoms with E-state index in [-0.39, 0.29) is 0 Å². The lowest BCUT2D eigenvalue weighted by molar-refractivity contribution is -0.138. The van der Waals surface area contributed by atoms with Crippen molar-refractivity contribution in [3.63, 3.8) is 0 Å². The van der Waals surface area contributed by atoms with Crippen molar-refractivity contribution in [3.8, 4) is 0 Å². The van der Waals surface area contributed by atoms with Crippen LogP contribution in [0.15, 0.2) is 0 Å². The molecular weight excluding hydrogens is 236 g/mol. The van der Waals surface area contributed by atoms with Crippen molar-refractivity contribution in [2.45, 2.75) is 57.9 Å². The number of carbonyl (C=O) groups excluding carboxylic acids is 1. The third-order valence-electron chi connectivity index (χ3n) is 5.62. The number of rotatable bonds is 2. The molecule has 0 aromatic rings. The van der Waals surface area contributed by atoms with Gasteiger partial charge in [0.15, 0.2) is 0 Å². The molecule has 1 N–H and O–H groups in total. The maximum absolute atomic E-state index is 12.7. The van der Waals surface area contributed by atoms with E-state index < -0.39 is 0 Å². The SMILES string of the molecule is CC1CCCC1C(=O)N1CCCC(C2CCCN2)C1. The van der Waals surface area contributed by atoms with Crippen molar-refractivity contribution < 1.29 is 4.79 Å². The van der Waals surface area contributed by atoms with Gasteiger partial charge < -0.3 is 10.2 Å². The number of amides is 1. The lowest BCUT2D eigenvalue weighted by Crippen LogP contribution is -2.48. The highest BCUT2D eigenvalue weighted by Gasteiger charge is 2.36. The van der Waals surface area contributed by atoms with Gasteiger partial charge >= 0.3 is 0 Å². The summed E-state index contributed by atoms with van der Waals surface area (Å²) in [7, 11) is 0. The largest absolute Gasteiger partial charge is 0.342 e. The average Bonchev–Trinajstić information content (AvgIpc) is 3.09. The van der Waals surface area contributed by atoms with E-state index in [0.29, 0.717) is 29.7 Å². The van der Waals surface area contributed by atoms with Gasteiger partial charge in [0.1, 0.15) is 0 Å². The molecule has 3 fully saturated rings. The second-order valence-corrected chi connectivity index (χ2v) is 6.90. The van der Waals surface area contributed by atoms with Crippen LogP contribution >= 0.6 is 0 Å². The van der Waals surface area contributed by atoms with Crippen LogP contribution in [0.3, 0.4) is 0 Å². The monoisotopic (exact) mass is 264 g/mol. The quantitative estimate of drug-likeness (QED) is 0.830. The predicted molar refractivity (Wildman–Crippen MR) is 76.8 cm³/mol. The number of piperidine rings is 1. The molecule has 2 heterocycles. The molecule has 1 amide bonds. The van der Waals surface area contributed by atoms with Gasteiger partial charge in [-0.15, -0.1) is 0 Å². The maximum Gasteiger partial charge on any atom is 0.225 e. The van der Waals surface area contributed by atoms with E-state index >= 15 is 0 Å². The van der Waals surface area contributed by atoms with E-state index in [1.165, 1.54) is 45.1 Å². The molecule has 2 saturated heterocycles. The predicted octanol–water partition coefficient (Wildman–Crippen LogP) is 2.41. The van der Waals surface area contributed by atoms with Crippen LogP contribution in [-0.2, 0) is 4.79 Å². The molecule has 0 spiro atoms. The summed E-state index contributed by atoms with van der Waals surface area (Å²) in [6.07, 6.45) is 8.76. The lowest BCUT2D eigenvalue weighted by atomic mass is 9.88. The Balaban J connectivity index is 1.59. The van der Waals surface area contributed by atoms with Crippen molar-refractivity contribution in [3.05, 3.63) is 0 Å². The van der Waals surface area contributed by atoms with Crippen molar-refractivity contribution in [1.82, 2.24) is 10.2 Å². The molecule has 19 heavy (non-hydrogen) atoms. The lowest BCUT2D eigenvalue weighted by Gasteiger charge is -2.37. The summed E-state index contributed by atoms with van der Waals surface area (Å²) in [4.78, 5) is 14.9. The van der Waals surface area contributed by atoms with Gasteiger partial charge in [0, 0.05) is 25.0 Å². The van der Waals surface area contributed by atoms with Gasteiger partial charge in [0.25, 0.3) is 0 Å². The molecule has 3 aliphatic rings. The van der Waals surface area contributed by atoms with Crippen LogP contribution in [0.5, 0.6) is 0 Å². The highest BCUT2D eigenvalue weighted by Crippen LogP contribution is 2.34. The smallest absolute Gasteiger partial charge is 0.225 e. The fourth-order valence-corrected chi connectivity index (χ4v) is 4.40. The van der Waals surface area contributed by atoms with Crippen molar-refractivity contribution >= 4 is 5.91 Å². The zero-order valence-electron chi connectivity index (χ0n) is 12.2. The Morgan fingerprint density at radius 1 is 1.11 bits per heavy atom. The summed E-state index contributed by atoms with van der Waals surface area (Å²) in [5.74, 6) is 2.11. The van der Waals surface area contributed by atoms with Gasteiger partial charge in [-0.1, -0.05) is 13.3 Å². The van der Waals surface area contributed by atoms with Crippen molar-refractivity contribution in [2.24, 2.45) is 17.8 Å². The summed E-state index contributed by atoms with van der Waals surface area (Å²) < 4.78 is 0. The molecule has 4 atom stereocenters. The summed E-state index contributed by atoms with van der Waals surface area (Å²) >= 11 is 0. The first kappa shape index (κ1) is 13.4. The minimum absolute atomic E-state index is 0.329. The first-order chi connectivity index (χ1) is 9.25. The summed E-state index contributed by atoms with van der Waals surface area (Å²) in [6, 6.07) is 0.677. The van der Waals surface area contributed by atoms with Crippen molar-refractivity contribution in [1.29, 1.82) is 0 Å². The number of hydrogen-bond acceptors (Lipinski definition) is 2. The number of carbonyl (C=O) groups is 1. The summed E-state index contributed by atoms with van der Waals surface area (Å²) in [6.45, 7) is 5.45. The molecule has 1 aliphatic carbocycles. The van der Waals surface area contributed by atoms with E-state index in [1.54, 1.807) is 0 Å². The van der Waals surface area contributed by atoms with Gasteiger partial charge in [0.05, 0.1) is 0 Å². The molecule has 2 aliphatic heterocycles. The van der Waals surface area contributed by atoms with Crippen LogP contribution in [0, 0.1) is 17.8 Å². The Hall–Kier alpha value is -0.570. The molecular formula is C16H28N2O. The number of nitrogens with zero attached hydrogens (tertiary/aromatic N) is 1. The topological polar surface area (TPSA) is 32.3 Å². The average molecular weight is 264 g/mol. The highest BCUT2D eigenvalue weighted by molar-refractivity contribution is 5.79. The third-order valence-corrected chi connectivity index (χ3v) is 5.62. The van der Waals surface area contributed by atoms with Gasteiger partial charge in [-0.25, -0.2) is 0 Å². The first-order valence-electron chi connectivity index (χ1n) is 8.28. The summed E-state index contributed by atoms with van der Waals surface area (Å²) in [5, 5.41) is 3.63. The molecule has 1 saturated carbocycles. The number of likely N-dealkylation sites (tertiary alicyclic amines) is 1. The zero-order valence-corrected chi connectivity index (χ0v) is 12.2. The molecule has 4 unspecified atom stereocenters. The van der Waals surface area contributed by atoms with Gasteiger partial charge in [0.2, 0.25) is 5.91 Å². The van der Waals surface area contributed by atoms with Gasteiger partial charge in [-0.3, -0.25) is 4.79 Å². The molecule has 0 aromatic carbocycles.